The highest BCUT2D eigenvalue weighted by Crippen LogP contribution is 2.45. The van der Waals surface area contributed by atoms with Gasteiger partial charge in [-0.05, 0) is 79.4 Å². The third kappa shape index (κ3) is 4.03. The van der Waals surface area contributed by atoms with Crippen LogP contribution in [0.3, 0.4) is 0 Å². The summed E-state index contributed by atoms with van der Waals surface area (Å²) < 4.78 is 16.3. The van der Waals surface area contributed by atoms with Gasteiger partial charge >= 0.3 is 5.97 Å². The van der Waals surface area contributed by atoms with E-state index < -0.39 is 5.97 Å². The molecule has 1 atom stereocenters. The Balaban J connectivity index is 1.64. The highest BCUT2D eigenvalue weighted by Gasteiger charge is 2.43. The smallest absolute Gasteiger partial charge is 0.343 e. The fraction of sp³-hybridized carbons (Fsp3) is 0.214. The number of carbonyl (C=O) groups excluding carboxylic acids is 2. The average Bonchev–Trinajstić information content (AvgIpc) is 2.85. The average molecular weight is 458 g/mol. The standard InChI is InChI=1S/C28H27NO5/c1-16-7-8-21(14-24(16)34-28(31)20-9-11-23(32-5)12-10-20)26-19(4)27(30)29(26)22-13-17(2)18(3)25(15-22)33-6/h7-15,26H,4H2,1-3,5-6H3/t26-/m1/s1. The molecule has 4 rings (SSSR count). The molecule has 0 aliphatic carbocycles. The summed E-state index contributed by atoms with van der Waals surface area (Å²) in [6.07, 6.45) is 0. The Labute approximate surface area is 199 Å². The normalized spacial score (nSPS) is 15.1. The third-order valence-corrected chi connectivity index (χ3v) is 6.24. The monoisotopic (exact) mass is 457 g/mol. The van der Waals surface area contributed by atoms with Crippen molar-refractivity contribution in [2.45, 2.75) is 26.8 Å². The van der Waals surface area contributed by atoms with Crippen LogP contribution in [0.2, 0.25) is 0 Å². The number of carbonyl (C=O) groups is 2. The fourth-order valence-electron chi connectivity index (χ4n) is 4.04. The lowest BCUT2D eigenvalue weighted by Gasteiger charge is -2.43. The van der Waals surface area contributed by atoms with Gasteiger partial charge in [-0.2, -0.15) is 0 Å². The summed E-state index contributed by atoms with van der Waals surface area (Å²) >= 11 is 0. The van der Waals surface area contributed by atoms with E-state index in [1.807, 2.05) is 45.0 Å². The molecule has 1 fully saturated rings. The maximum absolute atomic E-state index is 12.8. The lowest BCUT2D eigenvalue weighted by atomic mass is 9.87. The Morgan fingerprint density at radius 1 is 0.882 bits per heavy atom. The zero-order valence-corrected chi connectivity index (χ0v) is 20.0. The number of rotatable bonds is 6. The van der Waals surface area contributed by atoms with Crippen LogP contribution < -0.4 is 19.1 Å². The topological polar surface area (TPSA) is 65.1 Å². The first-order chi connectivity index (χ1) is 16.2. The van der Waals surface area contributed by atoms with Gasteiger partial charge in [0.25, 0.3) is 5.91 Å². The number of ether oxygens (including phenoxy) is 3. The minimum Gasteiger partial charge on any atom is -0.497 e. The van der Waals surface area contributed by atoms with Crippen molar-refractivity contribution in [1.29, 1.82) is 0 Å². The van der Waals surface area contributed by atoms with Crippen LogP contribution in [-0.2, 0) is 4.79 Å². The van der Waals surface area contributed by atoms with Gasteiger partial charge in [-0.1, -0.05) is 18.7 Å². The van der Waals surface area contributed by atoms with E-state index in [2.05, 4.69) is 6.58 Å². The Kier molecular flexibility index (Phi) is 6.16. The summed E-state index contributed by atoms with van der Waals surface area (Å²) in [5, 5.41) is 0. The molecule has 34 heavy (non-hydrogen) atoms. The minimum absolute atomic E-state index is 0.146. The molecule has 174 valence electrons. The van der Waals surface area contributed by atoms with Gasteiger partial charge < -0.3 is 14.2 Å². The van der Waals surface area contributed by atoms with Crippen molar-refractivity contribution < 1.29 is 23.8 Å². The van der Waals surface area contributed by atoms with Gasteiger partial charge in [0, 0.05) is 17.3 Å². The molecule has 1 aliphatic rings. The molecule has 0 bridgehead atoms. The largest absolute Gasteiger partial charge is 0.497 e. The van der Waals surface area contributed by atoms with Crippen molar-refractivity contribution >= 4 is 17.6 Å². The molecule has 6 nitrogen and oxygen atoms in total. The quantitative estimate of drug-likeness (QED) is 0.212. The first-order valence-electron chi connectivity index (χ1n) is 10.9. The summed E-state index contributed by atoms with van der Waals surface area (Å²) in [4.78, 5) is 27.2. The van der Waals surface area contributed by atoms with E-state index in [1.54, 1.807) is 49.5 Å². The zero-order chi connectivity index (χ0) is 24.6. The third-order valence-electron chi connectivity index (χ3n) is 6.24. The van der Waals surface area contributed by atoms with Crippen LogP contribution in [0.15, 0.2) is 66.7 Å². The molecule has 1 aliphatic heterocycles. The molecule has 0 saturated carbocycles. The van der Waals surface area contributed by atoms with Gasteiger partial charge in [0.15, 0.2) is 0 Å². The number of aryl methyl sites for hydroxylation is 2. The Morgan fingerprint density at radius 2 is 1.59 bits per heavy atom. The van der Waals surface area contributed by atoms with E-state index >= 15 is 0 Å². The van der Waals surface area contributed by atoms with Crippen LogP contribution in [0.25, 0.3) is 0 Å². The molecule has 0 aromatic heterocycles. The molecule has 0 spiro atoms. The molecular weight excluding hydrogens is 430 g/mol. The first-order valence-corrected chi connectivity index (χ1v) is 10.9. The number of hydrogen-bond donors (Lipinski definition) is 0. The summed E-state index contributed by atoms with van der Waals surface area (Å²) in [5.74, 6) is 1.20. The zero-order valence-electron chi connectivity index (χ0n) is 20.0. The van der Waals surface area contributed by atoms with Crippen LogP contribution in [0.4, 0.5) is 5.69 Å². The maximum atomic E-state index is 12.8. The van der Waals surface area contributed by atoms with E-state index in [9.17, 15) is 9.59 Å². The number of β-lactam (4-membered cyclic amide) rings is 1. The lowest BCUT2D eigenvalue weighted by Crippen LogP contribution is -2.48. The molecule has 1 saturated heterocycles. The number of benzene rings is 3. The van der Waals surface area contributed by atoms with Gasteiger partial charge in [-0.3, -0.25) is 9.69 Å². The van der Waals surface area contributed by atoms with Crippen molar-refractivity contribution in [3.63, 3.8) is 0 Å². The van der Waals surface area contributed by atoms with Crippen LogP contribution in [-0.4, -0.2) is 26.1 Å². The van der Waals surface area contributed by atoms with E-state index in [0.717, 1.165) is 33.7 Å². The van der Waals surface area contributed by atoms with Crippen molar-refractivity contribution in [2.24, 2.45) is 0 Å². The summed E-state index contributed by atoms with van der Waals surface area (Å²) in [6, 6.07) is 15.8. The predicted molar refractivity (Wildman–Crippen MR) is 131 cm³/mol. The fourth-order valence-corrected chi connectivity index (χ4v) is 4.04. The Morgan fingerprint density at radius 3 is 2.24 bits per heavy atom. The number of anilines is 1. The van der Waals surface area contributed by atoms with Crippen molar-refractivity contribution in [3.8, 4) is 17.2 Å². The summed E-state index contributed by atoms with van der Waals surface area (Å²) in [5.41, 5.74) is 5.30. The van der Waals surface area contributed by atoms with Gasteiger partial charge in [-0.25, -0.2) is 4.79 Å². The van der Waals surface area contributed by atoms with Gasteiger partial charge in [0.1, 0.15) is 17.2 Å². The number of hydrogen-bond acceptors (Lipinski definition) is 5. The Hall–Kier alpha value is -4.06. The SMILES string of the molecule is C=C1C(=O)N(c2cc(C)c(C)c(OC)c2)[C@H]1c1ccc(C)c(OC(=O)c2ccc(OC)cc2)c1. The van der Waals surface area contributed by atoms with Crippen LogP contribution >= 0.6 is 0 Å². The molecular formula is C28H27NO5. The number of methoxy groups -OCH3 is 2. The molecule has 3 aromatic rings. The van der Waals surface area contributed by atoms with Crippen LogP contribution in [0.5, 0.6) is 17.2 Å². The first kappa shape index (κ1) is 23.1. The molecule has 0 radical (unpaired) electrons. The molecule has 6 heteroatoms. The van der Waals surface area contributed by atoms with Gasteiger partial charge in [0.2, 0.25) is 0 Å². The lowest BCUT2D eigenvalue weighted by molar-refractivity contribution is -0.119. The minimum atomic E-state index is -0.470. The molecule has 1 heterocycles. The summed E-state index contributed by atoms with van der Waals surface area (Å²) in [6.45, 7) is 9.83. The van der Waals surface area contributed by atoms with Crippen LogP contribution in [0.1, 0.15) is 38.7 Å². The highest BCUT2D eigenvalue weighted by atomic mass is 16.5. The van der Waals surface area contributed by atoms with Crippen molar-refractivity contribution in [3.05, 3.63) is 94.6 Å². The maximum Gasteiger partial charge on any atom is 0.343 e. The Bertz CT molecular complexity index is 1290. The molecule has 0 unspecified atom stereocenters. The van der Waals surface area contributed by atoms with E-state index in [4.69, 9.17) is 14.2 Å². The molecule has 3 aromatic carbocycles. The van der Waals surface area contributed by atoms with Crippen LogP contribution in [0, 0.1) is 20.8 Å². The van der Waals surface area contributed by atoms with Crippen molar-refractivity contribution in [2.75, 3.05) is 19.1 Å². The summed E-state index contributed by atoms with van der Waals surface area (Å²) in [7, 11) is 3.18. The van der Waals surface area contributed by atoms with Gasteiger partial charge in [0.05, 0.1) is 25.8 Å². The van der Waals surface area contributed by atoms with E-state index in [1.165, 1.54) is 0 Å². The van der Waals surface area contributed by atoms with E-state index in [0.29, 0.717) is 22.6 Å². The van der Waals surface area contributed by atoms with Crippen molar-refractivity contribution in [1.82, 2.24) is 0 Å². The highest BCUT2D eigenvalue weighted by molar-refractivity contribution is 6.15. The number of nitrogens with zero attached hydrogens (tertiary/aromatic N) is 1. The van der Waals surface area contributed by atoms with Gasteiger partial charge in [-0.15, -0.1) is 0 Å². The second kappa shape index (κ2) is 9.06. The molecule has 0 N–H and O–H groups in total. The molecule has 1 amide bonds. The van der Waals surface area contributed by atoms with E-state index in [-0.39, 0.29) is 11.9 Å². The predicted octanol–water partition coefficient (Wildman–Crippen LogP) is 5.49. The number of amides is 1. The number of esters is 1. The second-order valence-electron chi connectivity index (χ2n) is 8.34. The second-order valence-corrected chi connectivity index (χ2v) is 8.34.